The van der Waals surface area contributed by atoms with Gasteiger partial charge in [0.15, 0.2) is 12.2 Å². The number of aliphatic hydroxyl groups is 1. The van der Waals surface area contributed by atoms with Gasteiger partial charge in [-0.2, -0.15) is 0 Å². The van der Waals surface area contributed by atoms with E-state index in [1.807, 2.05) is 30.4 Å². The maximum Gasteiger partial charge on any atom is 0.472 e. The van der Waals surface area contributed by atoms with Crippen molar-refractivity contribution in [2.24, 2.45) is 0 Å². The van der Waals surface area contributed by atoms with Crippen molar-refractivity contribution in [2.45, 2.75) is 341 Å². The molecule has 0 aromatic heterocycles. The van der Waals surface area contributed by atoms with Crippen LogP contribution in [0, 0.1) is 0 Å². The maximum atomic E-state index is 13.1. The SMILES string of the molecule is CC/C=C\C/C=C\C/C=C\C/C=C\C/C=C\C/C=C\CCC(=O)OC[C@H](COP(=O)(O)OC[C@@H](O)COP(=O)(O)OC[C@@H](COC(=O)CC/C=C\C/C=C\C/C=C\C/C=C\C/C=C\CCCCC)OC(=O)CCCCCCC/C=C\CCCCCCCC)OC(=O)CCCCCCCCC/C=C\CCCCCC. The van der Waals surface area contributed by atoms with E-state index in [1.165, 1.54) is 83.5 Å². The van der Waals surface area contributed by atoms with Gasteiger partial charge in [0.2, 0.25) is 0 Å². The number of ether oxygens (including phenoxy) is 4. The molecule has 17 nitrogen and oxygen atoms in total. The van der Waals surface area contributed by atoms with E-state index in [9.17, 15) is 43.2 Å². The lowest BCUT2D eigenvalue weighted by atomic mass is 10.1. The maximum absolute atomic E-state index is 13.1. The lowest BCUT2D eigenvalue weighted by Gasteiger charge is -2.21. The molecule has 0 heterocycles. The number of phosphoric acid groups is 2. The number of phosphoric ester groups is 2. The summed E-state index contributed by atoms with van der Waals surface area (Å²) in [6.45, 7) is 4.55. The van der Waals surface area contributed by atoms with Crippen molar-refractivity contribution in [3.8, 4) is 0 Å². The minimum absolute atomic E-state index is 0.0299. The first-order valence-corrected chi connectivity index (χ1v) is 44.7. The van der Waals surface area contributed by atoms with Crippen LogP contribution >= 0.6 is 15.6 Å². The quantitative estimate of drug-likeness (QED) is 0.0169. The van der Waals surface area contributed by atoms with Gasteiger partial charge < -0.3 is 33.8 Å². The Morgan fingerprint density at radius 2 is 0.500 bits per heavy atom. The van der Waals surface area contributed by atoms with E-state index < -0.39 is 97.5 Å². The van der Waals surface area contributed by atoms with Gasteiger partial charge in [0.05, 0.1) is 26.4 Å². The van der Waals surface area contributed by atoms with Gasteiger partial charge >= 0.3 is 39.5 Å². The van der Waals surface area contributed by atoms with E-state index in [1.54, 1.807) is 0 Å². The molecule has 0 fully saturated rings. The van der Waals surface area contributed by atoms with E-state index in [-0.39, 0.29) is 25.7 Å². The van der Waals surface area contributed by atoms with Crippen molar-refractivity contribution < 1.29 is 80.2 Å². The molecule has 0 aliphatic heterocycles. The normalized spacial score (nSPS) is 14.6. The first-order chi connectivity index (χ1) is 52.7. The van der Waals surface area contributed by atoms with E-state index in [0.29, 0.717) is 38.5 Å². The Balaban J connectivity index is 5.50. The molecule has 0 spiro atoms. The summed E-state index contributed by atoms with van der Waals surface area (Å²) in [5, 5.41) is 10.7. The number of carbonyl (C=O) groups excluding carboxylic acids is 4. The number of hydrogen-bond donors (Lipinski definition) is 3. The number of hydrogen-bond acceptors (Lipinski definition) is 15. The molecule has 2 unspecified atom stereocenters. The first kappa shape index (κ1) is 103. The van der Waals surface area contributed by atoms with Crippen molar-refractivity contribution in [1.82, 2.24) is 0 Å². The predicted molar refractivity (Wildman–Crippen MR) is 445 cm³/mol. The Bertz CT molecular complexity index is 2660. The number of esters is 4. The van der Waals surface area contributed by atoms with E-state index in [2.05, 4.69) is 155 Å². The Morgan fingerprint density at radius 3 is 0.815 bits per heavy atom. The van der Waals surface area contributed by atoms with Crippen LogP contribution in [0.5, 0.6) is 0 Å². The number of aliphatic hydroxyl groups excluding tert-OH is 1. The van der Waals surface area contributed by atoms with Crippen LogP contribution in [0.3, 0.4) is 0 Å². The van der Waals surface area contributed by atoms with Gasteiger partial charge in [0.1, 0.15) is 19.3 Å². The molecule has 0 aliphatic rings. The average Bonchev–Trinajstić information content (AvgIpc) is 0.923. The van der Waals surface area contributed by atoms with Crippen molar-refractivity contribution in [3.63, 3.8) is 0 Å². The van der Waals surface area contributed by atoms with Crippen LogP contribution in [0.1, 0.15) is 323 Å². The minimum atomic E-state index is -5.01. The summed E-state index contributed by atoms with van der Waals surface area (Å²) in [6.07, 6.45) is 93.8. The molecule has 3 N–H and O–H groups in total. The van der Waals surface area contributed by atoms with Gasteiger partial charge in [-0.25, -0.2) is 9.13 Å². The van der Waals surface area contributed by atoms with Gasteiger partial charge in [-0.1, -0.05) is 301 Å². The fourth-order valence-corrected chi connectivity index (χ4v) is 12.2. The highest BCUT2D eigenvalue weighted by Gasteiger charge is 2.30. The topological polar surface area (TPSA) is 237 Å². The second-order valence-electron chi connectivity index (χ2n) is 27.3. The Kier molecular flexibility index (Phi) is 75.8. The summed E-state index contributed by atoms with van der Waals surface area (Å²) in [7, 11) is -10.0. The summed E-state index contributed by atoms with van der Waals surface area (Å²) in [5.41, 5.74) is 0. The molecule has 0 saturated carbocycles. The zero-order valence-corrected chi connectivity index (χ0v) is 69.3. The molecule has 0 aromatic carbocycles. The smallest absolute Gasteiger partial charge is 0.462 e. The average molecular weight is 1550 g/mol. The summed E-state index contributed by atoms with van der Waals surface area (Å²) >= 11 is 0. The molecule has 0 aromatic rings. The second-order valence-corrected chi connectivity index (χ2v) is 30.2. The highest BCUT2D eigenvalue weighted by atomic mass is 31.2. The summed E-state index contributed by atoms with van der Waals surface area (Å²) in [4.78, 5) is 73.1. The zero-order valence-electron chi connectivity index (χ0n) is 67.5. The van der Waals surface area contributed by atoms with Crippen LogP contribution in [0.25, 0.3) is 0 Å². The van der Waals surface area contributed by atoms with Crippen molar-refractivity contribution in [3.05, 3.63) is 158 Å². The van der Waals surface area contributed by atoms with E-state index in [4.69, 9.17) is 37.0 Å². The fraction of sp³-hybridized carbons (Fsp3) is 0.663. The highest BCUT2D eigenvalue weighted by Crippen LogP contribution is 2.45. The van der Waals surface area contributed by atoms with Gasteiger partial charge in [-0.05, 0) is 154 Å². The highest BCUT2D eigenvalue weighted by molar-refractivity contribution is 7.47. The first-order valence-electron chi connectivity index (χ1n) is 41.7. The summed E-state index contributed by atoms with van der Waals surface area (Å²) in [5.74, 6) is -2.39. The van der Waals surface area contributed by atoms with Crippen LogP contribution in [-0.2, 0) is 65.4 Å². The summed E-state index contributed by atoms with van der Waals surface area (Å²) < 4.78 is 68.5. The molecule has 0 rings (SSSR count). The van der Waals surface area contributed by atoms with Crippen molar-refractivity contribution >= 4 is 39.5 Å². The number of allylic oxidation sites excluding steroid dienone is 26. The molecule has 616 valence electrons. The standard InChI is InChI=1S/C89H148O17P2/c1-5-9-13-17-21-25-29-33-37-39-41-43-47-49-53-57-61-65-69-73-86(91)99-79-84(105-88(93)75-71-67-63-59-55-51-45-35-31-27-23-19-15-11-7-3)81-103-107(95,96)101-77-83(90)78-102-108(97,98)104-82-85(106-89(94)76-72-68-64-60-56-52-46-36-32-28-24-20-16-12-8-4)80-100-87(92)74-70-66-62-58-54-50-48-44-42-40-38-34-30-26-22-18-14-10-6-2/h9,13,21-22,25-27,31,33-34,36-38,41-44,46,49-50,53-54,61-62,65-66,83-85,90H,5-8,10-12,14-20,23-24,28-30,32,35,39-40,45,47-48,51-52,55-60,63-64,67-82H2,1-4H3,(H,95,96)(H,97,98)/b13-9-,25-21-,26-22-,31-27-,37-33-,38-34-,43-41-,44-42-,46-36-,53-49-,54-50-,65-61-,66-62-/t83-,84-,85-/m1/s1. The number of unbranched alkanes of at least 4 members (excludes halogenated alkanes) is 25. The number of carbonyl (C=O) groups is 4. The van der Waals surface area contributed by atoms with Gasteiger partial charge in [0, 0.05) is 25.7 Å². The third-order valence-electron chi connectivity index (χ3n) is 17.0. The molecule has 0 saturated heterocycles. The Hall–Kier alpha value is -5.32. The molecule has 108 heavy (non-hydrogen) atoms. The third-order valence-corrected chi connectivity index (χ3v) is 18.9. The predicted octanol–water partition coefficient (Wildman–Crippen LogP) is 24.8. The number of rotatable bonds is 77. The minimum Gasteiger partial charge on any atom is -0.462 e. The van der Waals surface area contributed by atoms with Gasteiger partial charge in [-0.15, -0.1) is 0 Å². The van der Waals surface area contributed by atoms with Crippen LogP contribution in [0.2, 0.25) is 0 Å². The lowest BCUT2D eigenvalue weighted by Crippen LogP contribution is -2.30. The molecule has 0 aliphatic carbocycles. The summed E-state index contributed by atoms with van der Waals surface area (Å²) in [6, 6.07) is 0. The van der Waals surface area contributed by atoms with Crippen molar-refractivity contribution in [2.75, 3.05) is 39.6 Å². The van der Waals surface area contributed by atoms with Crippen molar-refractivity contribution in [1.29, 1.82) is 0 Å². The molecule has 5 atom stereocenters. The largest absolute Gasteiger partial charge is 0.472 e. The van der Waals surface area contributed by atoms with Crippen LogP contribution in [0.15, 0.2) is 158 Å². The van der Waals surface area contributed by atoms with E-state index >= 15 is 0 Å². The molecule has 0 radical (unpaired) electrons. The molecule has 19 heteroatoms. The van der Waals surface area contributed by atoms with Crippen LogP contribution in [0.4, 0.5) is 0 Å². The zero-order chi connectivity index (χ0) is 78.9. The van der Waals surface area contributed by atoms with Gasteiger partial charge in [-0.3, -0.25) is 37.3 Å². The monoisotopic (exact) mass is 1550 g/mol. The van der Waals surface area contributed by atoms with Crippen LogP contribution < -0.4 is 0 Å². The molecule has 0 amide bonds. The van der Waals surface area contributed by atoms with Gasteiger partial charge in [0.25, 0.3) is 0 Å². The molecule has 0 bridgehead atoms. The third kappa shape index (κ3) is 78.8. The lowest BCUT2D eigenvalue weighted by molar-refractivity contribution is -0.161. The Labute approximate surface area is 655 Å². The Morgan fingerprint density at radius 1 is 0.269 bits per heavy atom. The molecular formula is C89H148O17P2. The fourth-order valence-electron chi connectivity index (χ4n) is 10.6. The second kappa shape index (κ2) is 79.8. The molecular weight excluding hydrogens is 1400 g/mol. The van der Waals surface area contributed by atoms with Crippen LogP contribution in [-0.4, -0.2) is 96.7 Å². The van der Waals surface area contributed by atoms with E-state index in [0.717, 1.165) is 148 Å².